The highest BCUT2D eigenvalue weighted by Gasteiger charge is 2.38. The van der Waals surface area contributed by atoms with Gasteiger partial charge in [0.1, 0.15) is 0 Å². The van der Waals surface area contributed by atoms with Crippen LogP contribution in [0.3, 0.4) is 0 Å². The van der Waals surface area contributed by atoms with E-state index in [4.69, 9.17) is 9.47 Å². The van der Waals surface area contributed by atoms with E-state index in [2.05, 4.69) is 6.92 Å². The first-order valence-electron chi connectivity index (χ1n) is 4.61. The lowest BCUT2D eigenvalue weighted by Gasteiger charge is -2.07. The Balaban J connectivity index is 0.000000281. The van der Waals surface area contributed by atoms with Crippen LogP contribution in [0, 0.1) is 11.8 Å². The molecule has 66 valence electrons. The molecule has 11 heavy (non-hydrogen) atoms. The summed E-state index contributed by atoms with van der Waals surface area (Å²) in [6.45, 7) is 8.04. The summed E-state index contributed by atoms with van der Waals surface area (Å²) in [4.78, 5) is 0. The van der Waals surface area contributed by atoms with E-state index in [1.807, 2.05) is 13.8 Å². The van der Waals surface area contributed by atoms with E-state index < -0.39 is 0 Å². The minimum atomic E-state index is 0.153. The fraction of sp³-hybridized carbons (Fsp3) is 1.00. The Bertz CT molecular complexity index is 114. The Morgan fingerprint density at radius 3 is 2.55 bits per heavy atom. The summed E-state index contributed by atoms with van der Waals surface area (Å²) in [5.74, 6) is 1.42. The van der Waals surface area contributed by atoms with Crippen molar-refractivity contribution in [3.8, 4) is 0 Å². The van der Waals surface area contributed by atoms with Gasteiger partial charge in [0.25, 0.3) is 0 Å². The average Bonchev–Trinajstić information content (AvgIpc) is 2.60. The van der Waals surface area contributed by atoms with Crippen molar-refractivity contribution in [2.24, 2.45) is 11.8 Å². The molecule has 0 spiro atoms. The van der Waals surface area contributed by atoms with Gasteiger partial charge in [-0.2, -0.15) is 0 Å². The Hall–Kier alpha value is -0.0800. The molecular formula is C9H18O2. The molecule has 0 aromatic heterocycles. The monoisotopic (exact) mass is 158 g/mol. The molecule has 0 saturated carbocycles. The van der Waals surface area contributed by atoms with Crippen molar-refractivity contribution >= 4 is 0 Å². The topological polar surface area (TPSA) is 18.5 Å². The second-order valence-electron chi connectivity index (χ2n) is 3.00. The zero-order chi connectivity index (χ0) is 8.27. The molecule has 0 N–H and O–H groups in total. The Kier molecular flexibility index (Phi) is 3.34. The summed E-state index contributed by atoms with van der Waals surface area (Å²) >= 11 is 0. The van der Waals surface area contributed by atoms with Gasteiger partial charge in [0.2, 0.25) is 0 Å². The van der Waals surface area contributed by atoms with E-state index in [-0.39, 0.29) is 6.29 Å². The highest BCUT2D eigenvalue weighted by molar-refractivity contribution is 4.79. The molecule has 2 aliphatic heterocycles. The summed E-state index contributed by atoms with van der Waals surface area (Å²) in [5, 5.41) is 0. The van der Waals surface area contributed by atoms with Gasteiger partial charge in [-0.1, -0.05) is 20.8 Å². The van der Waals surface area contributed by atoms with Crippen molar-refractivity contribution < 1.29 is 9.47 Å². The largest absolute Gasteiger partial charge is 0.352 e. The van der Waals surface area contributed by atoms with Crippen LogP contribution in [0.25, 0.3) is 0 Å². The van der Waals surface area contributed by atoms with Gasteiger partial charge in [-0.25, -0.2) is 0 Å². The fourth-order valence-electron chi connectivity index (χ4n) is 1.67. The molecule has 0 aromatic carbocycles. The summed E-state index contributed by atoms with van der Waals surface area (Å²) in [6.07, 6.45) is 1.35. The minimum Gasteiger partial charge on any atom is -0.352 e. The van der Waals surface area contributed by atoms with Gasteiger partial charge in [-0.15, -0.1) is 0 Å². The number of fused-ring (bicyclic) bond motifs is 1. The van der Waals surface area contributed by atoms with Crippen LogP contribution in [-0.4, -0.2) is 19.5 Å². The molecular weight excluding hydrogens is 140 g/mol. The summed E-state index contributed by atoms with van der Waals surface area (Å²) < 4.78 is 10.7. The number of ether oxygens (including phenoxy) is 2. The lowest BCUT2D eigenvalue weighted by Crippen LogP contribution is -2.12. The van der Waals surface area contributed by atoms with Gasteiger partial charge >= 0.3 is 0 Å². The van der Waals surface area contributed by atoms with Crippen LogP contribution in [0.15, 0.2) is 0 Å². The SMILES string of the molecule is CC.CC1CO[C@H]2OCC[C@H]12. The molecule has 2 fully saturated rings. The average molecular weight is 158 g/mol. The quantitative estimate of drug-likeness (QED) is 0.537. The maximum Gasteiger partial charge on any atom is 0.160 e. The normalized spacial score (nSPS) is 41.2. The minimum absolute atomic E-state index is 0.153. The van der Waals surface area contributed by atoms with Crippen LogP contribution in [0.2, 0.25) is 0 Å². The molecule has 3 atom stereocenters. The van der Waals surface area contributed by atoms with Crippen molar-refractivity contribution in [3.63, 3.8) is 0 Å². The first kappa shape index (κ1) is 9.01. The third-order valence-corrected chi connectivity index (χ3v) is 2.34. The molecule has 2 heterocycles. The summed E-state index contributed by atoms with van der Waals surface area (Å²) in [7, 11) is 0. The van der Waals surface area contributed by atoms with E-state index in [0.29, 0.717) is 5.92 Å². The molecule has 2 heteroatoms. The fourth-order valence-corrected chi connectivity index (χ4v) is 1.67. The second kappa shape index (κ2) is 4.07. The number of hydrogen-bond acceptors (Lipinski definition) is 2. The summed E-state index contributed by atoms with van der Waals surface area (Å²) in [6, 6.07) is 0. The molecule has 2 aliphatic rings. The molecule has 0 bridgehead atoms. The van der Waals surface area contributed by atoms with Gasteiger partial charge in [-0.05, 0) is 12.3 Å². The molecule has 2 rings (SSSR count). The van der Waals surface area contributed by atoms with Crippen molar-refractivity contribution in [3.05, 3.63) is 0 Å². The predicted molar refractivity (Wildman–Crippen MR) is 44.3 cm³/mol. The third-order valence-electron chi connectivity index (χ3n) is 2.34. The third kappa shape index (κ3) is 1.74. The van der Waals surface area contributed by atoms with Crippen molar-refractivity contribution in [2.45, 2.75) is 33.5 Å². The van der Waals surface area contributed by atoms with Crippen molar-refractivity contribution in [1.82, 2.24) is 0 Å². The van der Waals surface area contributed by atoms with Crippen LogP contribution >= 0.6 is 0 Å². The Labute approximate surface area is 68.9 Å². The highest BCUT2D eigenvalue weighted by Crippen LogP contribution is 2.34. The van der Waals surface area contributed by atoms with Crippen LogP contribution in [0.1, 0.15) is 27.2 Å². The van der Waals surface area contributed by atoms with Gasteiger partial charge in [-0.3, -0.25) is 0 Å². The van der Waals surface area contributed by atoms with Gasteiger partial charge in [0.05, 0.1) is 13.2 Å². The molecule has 0 radical (unpaired) electrons. The molecule has 0 amide bonds. The van der Waals surface area contributed by atoms with E-state index in [0.717, 1.165) is 19.1 Å². The van der Waals surface area contributed by atoms with E-state index in [1.165, 1.54) is 6.42 Å². The zero-order valence-electron chi connectivity index (χ0n) is 7.67. The lowest BCUT2D eigenvalue weighted by molar-refractivity contribution is -0.0905. The first-order valence-corrected chi connectivity index (χ1v) is 4.61. The molecule has 2 nitrogen and oxygen atoms in total. The smallest absolute Gasteiger partial charge is 0.160 e. The maximum atomic E-state index is 5.37. The van der Waals surface area contributed by atoms with Gasteiger partial charge < -0.3 is 9.47 Å². The molecule has 1 unspecified atom stereocenters. The molecule has 0 aromatic rings. The van der Waals surface area contributed by atoms with Crippen LogP contribution < -0.4 is 0 Å². The van der Waals surface area contributed by atoms with E-state index in [9.17, 15) is 0 Å². The Morgan fingerprint density at radius 2 is 1.91 bits per heavy atom. The summed E-state index contributed by atoms with van der Waals surface area (Å²) in [5.41, 5.74) is 0. The van der Waals surface area contributed by atoms with Gasteiger partial charge in [0.15, 0.2) is 6.29 Å². The van der Waals surface area contributed by atoms with E-state index in [1.54, 1.807) is 0 Å². The van der Waals surface area contributed by atoms with Crippen molar-refractivity contribution in [2.75, 3.05) is 13.2 Å². The second-order valence-corrected chi connectivity index (χ2v) is 3.00. The molecule has 0 aliphatic carbocycles. The predicted octanol–water partition coefficient (Wildman–Crippen LogP) is 2.04. The van der Waals surface area contributed by atoms with Crippen LogP contribution in [0.5, 0.6) is 0 Å². The van der Waals surface area contributed by atoms with Crippen LogP contribution in [0.4, 0.5) is 0 Å². The number of rotatable bonds is 0. The van der Waals surface area contributed by atoms with E-state index >= 15 is 0 Å². The Morgan fingerprint density at radius 1 is 1.18 bits per heavy atom. The zero-order valence-corrected chi connectivity index (χ0v) is 7.67. The number of hydrogen-bond donors (Lipinski definition) is 0. The van der Waals surface area contributed by atoms with Crippen LogP contribution in [-0.2, 0) is 9.47 Å². The maximum absolute atomic E-state index is 5.37. The standard InChI is InChI=1S/C7H12O2.C2H6/c1-5-4-9-7-6(5)2-3-8-7;1-2/h5-7H,2-4H2,1H3;1-2H3/t5?,6-,7-;/m1./s1. The highest BCUT2D eigenvalue weighted by atomic mass is 16.7. The van der Waals surface area contributed by atoms with Crippen molar-refractivity contribution in [1.29, 1.82) is 0 Å². The lowest BCUT2D eigenvalue weighted by atomic mass is 9.96. The first-order chi connectivity index (χ1) is 5.38. The molecule has 2 saturated heterocycles. The van der Waals surface area contributed by atoms with Gasteiger partial charge in [0, 0.05) is 5.92 Å².